The summed E-state index contributed by atoms with van der Waals surface area (Å²) in [5, 5.41) is 8.88. The first-order valence-electron chi connectivity index (χ1n) is 5.43. The molecule has 1 N–H and O–H groups in total. The smallest absolute Gasteiger partial charge is 0.232 e. The van der Waals surface area contributed by atoms with E-state index in [2.05, 4.69) is 9.97 Å². The molecule has 0 bridgehead atoms. The molecule has 15 heavy (non-hydrogen) atoms. The Morgan fingerprint density at radius 1 is 1.33 bits per heavy atom. The molecule has 1 aromatic heterocycles. The summed E-state index contributed by atoms with van der Waals surface area (Å²) in [7, 11) is 0. The Hall–Kier alpha value is -1.16. The molecular weight excluding hydrogens is 192 g/mol. The number of hydrogen-bond acceptors (Lipinski definition) is 4. The van der Waals surface area contributed by atoms with E-state index in [1.165, 1.54) is 25.7 Å². The number of ether oxygens (including phenoxy) is 1. The van der Waals surface area contributed by atoms with Gasteiger partial charge in [-0.25, -0.2) is 4.98 Å². The van der Waals surface area contributed by atoms with Crippen molar-refractivity contribution in [2.45, 2.75) is 32.3 Å². The van der Waals surface area contributed by atoms with Gasteiger partial charge in [0.15, 0.2) is 0 Å². The summed E-state index contributed by atoms with van der Waals surface area (Å²) in [6.07, 6.45) is 8.28. The Morgan fingerprint density at radius 3 is 2.87 bits per heavy atom. The van der Waals surface area contributed by atoms with Crippen LogP contribution < -0.4 is 4.74 Å². The lowest BCUT2D eigenvalue weighted by Crippen LogP contribution is -2.09. The first-order valence-corrected chi connectivity index (χ1v) is 5.43. The second-order valence-corrected chi connectivity index (χ2v) is 3.97. The highest BCUT2D eigenvalue weighted by atomic mass is 16.5. The summed E-state index contributed by atoms with van der Waals surface area (Å²) < 4.78 is 5.55. The van der Waals surface area contributed by atoms with Crippen LogP contribution in [0.3, 0.4) is 0 Å². The van der Waals surface area contributed by atoms with Crippen molar-refractivity contribution in [3.8, 4) is 5.88 Å². The third kappa shape index (κ3) is 2.89. The largest absolute Gasteiger partial charge is 0.476 e. The Morgan fingerprint density at radius 2 is 2.13 bits per heavy atom. The van der Waals surface area contributed by atoms with Crippen LogP contribution in [0.5, 0.6) is 5.88 Å². The third-order valence-corrected chi connectivity index (χ3v) is 2.77. The van der Waals surface area contributed by atoms with Gasteiger partial charge in [0, 0.05) is 0 Å². The fourth-order valence-corrected chi connectivity index (χ4v) is 1.91. The van der Waals surface area contributed by atoms with Crippen molar-refractivity contribution in [3.63, 3.8) is 0 Å². The molecule has 1 saturated carbocycles. The molecule has 0 unspecified atom stereocenters. The Labute approximate surface area is 89.3 Å². The summed E-state index contributed by atoms with van der Waals surface area (Å²) >= 11 is 0. The van der Waals surface area contributed by atoms with E-state index in [-0.39, 0.29) is 6.61 Å². The molecule has 1 heterocycles. The number of aliphatic hydroxyl groups is 1. The second kappa shape index (κ2) is 5.07. The Balaban J connectivity index is 1.86. The van der Waals surface area contributed by atoms with Crippen LogP contribution in [-0.4, -0.2) is 21.7 Å². The summed E-state index contributed by atoms with van der Waals surface area (Å²) in [5.74, 6) is 1.19. The zero-order valence-corrected chi connectivity index (χ0v) is 8.72. The summed E-state index contributed by atoms with van der Waals surface area (Å²) in [6.45, 7) is 0.636. The average Bonchev–Trinajstić information content (AvgIpc) is 2.79. The predicted octanol–water partition coefficient (Wildman–Crippen LogP) is 1.54. The van der Waals surface area contributed by atoms with Crippen molar-refractivity contribution in [2.75, 3.05) is 6.61 Å². The zero-order valence-electron chi connectivity index (χ0n) is 8.72. The van der Waals surface area contributed by atoms with Gasteiger partial charge in [-0.05, 0) is 18.8 Å². The monoisotopic (exact) mass is 208 g/mol. The van der Waals surface area contributed by atoms with E-state index >= 15 is 0 Å². The number of aromatic nitrogens is 2. The van der Waals surface area contributed by atoms with Crippen molar-refractivity contribution < 1.29 is 9.84 Å². The van der Waals surface area contributed by atoms with Crippen LogP contribution in [0.4, 0.5) is 0 Å². The molecule has 0 atom stereocenters. The predicted molar refractivity (Wildman–Crippen MR) is 55.4 cm³/mol. The number of aliphatic hydroxyl groups excluding tert-OH is 1. The molecule has 2 rings (SSSR count). The van der Waals surface area contributed by atoms with E-state index in [1.807, 2.05) is 0 Å². The SMILES string of the molecule is OCc1cncc(OCC2CCCC2)n1. The molecule has 82 valence electrons. The maximum atomic E-state index is 8.88. The fraction of sp³-hybridized carbons (Fsp3) is 0.636. The quantitative estimate of drug-likeness (QED) is 0.815. The highest BCUT2D eigenvalue weighted by Gasteiger charge is 2.15. The molecule has 0 saturated heterocycles. The van der Waals surface area contributed by atoms with Crippen LogP contribution in [0.15, 0.2) is 12.4 Å². The average molecular weight is 208 g/mol. The lowest BCUT2D eigenvalue weighted by atomic mass is 10.1. The van der Waals surface area contributed by atoms with Gasteiger partial charge in [-0.15, -0.1) is 0 Å². The summed E-state index contributed by atoms with van der Waals surface area (Å²) in [4.78, 5) is 8.07. The van der Waals surface area contributed by atoms with Crippen molar-refractivity contribution in [1.29, 1.82) is 0 Å². The minimum absolute atomic E-state index is 0.0897. The van der Waals surface area contributed by atoms with E-state index in [0.717, 1.165) is 6.61 Å². The van der Waals surface area contributed by atoms with Gasteiger partial charge < -0.3 is 9.84 Å². The molecule has 1 aliphatic carbocycles. The lowest BCUT2D eigenvalue weighted by Gasteiger charge is -2.10. The van der Waals surface area contributed by atoms with Crippen LogP contribution >= 0.6 is 0 Å². The minimum atomic E-state index is -0.0897. The molecule has 0 radical (unpaired) electrons. The third-order valence-electron chi connectivity index (χ3n) is 2.77. The molecule has 0 aromatic carbocycles. The number of nitrogens with zero attached hydrogens (tertiary/aromatic N) is 2. The van der Waals surface area contributed by atoms with Crippen molar-refractivity contribution in [3.05, 3.63) is 18.1 Å². The first kappa shape index (κ1) is 10.4. The molecule has 0 amide bonds. The summed E-state index contributed by atoms with van der Waals surface area (Å²) in [6, 6.07) is 0. The maximum Gasteiger partial charge on any atom is 0.232 e. The topological polar surface area (TPSA) is 55.2 Å². The molecule has 1 fully saturated rings. The number of rotatable bonds is 4. The first-order chi connectivity index (χ1) is 7.38. The normalized spacial score (nSPS) is 16.9. The fourth-order valence-electron chi connectivity index (χ4n) is 1.91. The highest BCUT2D eigenvalue weighted by Crippen LogP contribution is 2.25. The standard InChI is InChI=1S/C11H16N2O2/c14-7-10-5-12-6-11(13-10)15-8-9-3-1-2-4-9/h5-6,9,14H,1-4,7-8H2. The van der Waals surface area contributed by atoms with Crippen LogP contribution in [0.1, 0.15) is 31.4 Å². The molecule has 1 aromatic rings. The van der Waals surface area contributed by atoms with Crippen LogP contribution in [0.2, 0.25) is 0 Å². The van der Waals surface area contributed by atoms with E-state index in [9.17, 15) is 0 Å². The van der Waals surface area contributed by atoms with Gasteiger partial charge in [0.05, 0.1) is 31.3 Å². The maximum absolute atomic E-state index is 8.88. The van der Waals surface area contributed by atoms with E-state index in [0.29, 0.717) is 17.5 Å². The lowest BCUT2D eigenvalue weighted by molar-refractivity contribution is 0.236. The van der Waals surface area contributed by atoms with Gasteiger partial charge in [-0.1, -0.05) is 12.8 Å². The Kier molecular flexibility index (Phi) is 3.50. The van der Waals surface area contributed by atoms with Crippen LogP contribution in [0, 0.1) is 5.92 Å². The van der Waals surface area contributed by atoms with E-state index < -0.39 is 0 Å². The zero-order chi connectivity index (χ0) is 10.5. The number of hydrogen-bond donors (Lipinski definition) is 1. The van der Waals surface area contributed by atoms with E-state index in [4.69, 9.17) is 9.84 Å². The minimum Gasteiger partial charge on any atom is -0.476 e. The molecule has 1 aliphatic rings. The molecule has 4 nitrogen and oxygen atoms in total. The highest BCUT2D eigenvalue weighted by molar-refractivity contribution is 5.07. The Bertz CT molecular complexity index is 311. The van der Waals surface area contributed by atoms with Crippen LogP contribution in [-0.2, 0) is 6.61 Å². The molecular formula is C11H16N2O2. The van der Waals surface area contributed by atoms with Crippen molar-refractivity contribution >= 4 is 0 Å². The van der Waals surface area contributed by atoms with Gasteiger partial charge in [-0.2, -0.15) is 0 Å². The van der Waals surface area contributed by atoms with Gasteiger partial charge in [-0.3, -0.25) is 4.98 Å². The van der Waals surface area contributed by atoms with Gasteiger partial charge in [0.1, 0.15) is 0 Å². The second-order valence-electron chi connectivity index (χ2n) is 3.97. The van der Waals surface area contributed by atoms with E-state index in [1.54, 1.807) is 12.4 Å². The molecule has 0 spiro atoms. The van der Waals surface area contributed by atoms with Crippen molar-refractivity contribution in [2.24, 2.45) is 5.92 Å². The molecule has 0 aliphatic heterocycles. The summed E-state index contributed by atoms with van der Waals surface area (Å²) in [5.41, 5.74) is 0.555. The molecule has 4 heteroatoms. The van der Waals surface area contributed by atoms with Gasteiger partial charge >= 0.3 is 0 Å². The van der Waals surface area contributed by atoms with Crippen LogP contribution in [0.25, 0.3) is 0 Å². The van der Waals surface area contributed by atoms with Gasteiger partial charge in [0.2, 0.25) is 5.88 Å². The van der Waals surface area contributed by atoms with Gasteiger partial charge in [0.25, 0.3) is 0 Å². The van der Waals surface area contributed by atoms with Crippen molar-refractivity contribution in [1.82, 2.24) is 9.97 Å².